The van der Waals surface area contributed by atoms with E-state index in [2.05, 4.69) is 6.07 Å². The van der Waals surface area contributed by atoms with Gasteiger partial charge in [0.15, 0.2) is 0 Å². The molecule has 25 heavy (non-hydrogen) atoms. The summed E-state index contributed by atoms with van der Waals surface area (Å²) in [5.74, 6) is 0.132. The van der Waals surface area contributed by atoms with E-state index in [1.807, 2.05) is 24.0 Å². The molecule has 1 spiro atoms. The molecule has 4 rings (SSSR count). The number of ether oxygens (including phenoxy) is 2. The number of hydrogen-bond acceptors (Lipinski definition) is 4. The van der Waals surface area contributed by atoms with Crippen LogP contribution in [0.5, 0.6) is 0 Å². The molecule has 1 aromatic heterocycles. The summed E-state index contributed by atoms with van der Waals surface area (Å²) in [6.45, 7) is 4.14. The van der Waals surface area contributed by atoms with E-state index < -0.39 is 0 Å². The van der Waals surface area contributed by atoms with Crippen LogP contribution in [-0.4, -0.2) is 49.3 Å². The SMILES string of the molecule is CO[C@H]1CCN(C(=O)Cc2coc3cc(C)ccc23)C[C@@]12CCCO2. The molecule has 1 amide bonds. The van der Waals surface area contributed by atoms with Gasteiger partial charge in [-0.25, -0.2) is 0 Å². The molecule has 134 valence electrons. The van der Waals surface area contributed by atoms with Crippen LogP contribution in [0.4, 0.5) is 0 Å². The van der Waals surface area contributed by atoms with Crippen LogP contribution in [0.25, 0.3) is 11.0 Å². The van der Waals surface area contributed by atoms with Crippen LogP contribution in [0.15, 0.2) is 28.9 Å². The molecule has 2 aliphatic heterocycles. The first-order valence-corrected chi connectivity index (χ1v) is 9.02. The van der Waals surface area contributed by atoms with Crippen molar-refractivity contribution in [1.29, 1.82) is 0 Å². The molecule has 2 saturated heterocycles. The number of furan rings is 1. The number of carbonyl (C=O) groups is 1. The van der Waals surface area contributed by atoms with Crippen LogP contribution in [0.1, 0.15) is 30.4 Å². The summed E-state index contributed by atoms with van der Waals surface area (Å²) >= 11 is 0. The van der Waals surface area contributed by atoms with Crippen molar-refractivity contribution in [3.8, 4) is 0 Å². The van der Waals surface area contributed by atoms with E-state index in [1.165, 1.54) is 0 Å². The van der Waals surface area contributed by atoms with Gasteiger partial charge in [-0.1, -0.05) is 12.1 Å². The topological polar surface area (TPSA) is 51.9 Å². The molecule has 3 heterocycles. The highest BCUT2D eigenvalue weighted by molar-refractivity contribution is 5.88. The maximum Gasteiger partial charge on any atom is 0.227 e. The van der Waals surface area contributed by atoms with Crippen molar-refractivity contribution in [1.82, 2.24) is 4.90 Å². The van der Waals surface area contributed by atoms with Gasteiger partial charge in [-0.05, 0) is 37.8 Å². The number of fused-ring (bicyclic) bond motifs is 1. The molecule has 5 heteroatoms. The Kier molecular flexibility index (Phi) is 4.29. The van der Waals surface area contributed by atoms with E-state index in [4.69, 9.17) is 13.9 Å². The van der Waals surface area contributed by atoms with E-state index in [-0.39, 0.29) is 17.6 Å². The number of carbonyl (C=O) groups excluding carboxylic acids is 1. The predicted molar refractivity (Wildman–Crippen MR) is 94.6 cm³/mol. The first-order chi connectivity index (χ1) is 12.1. The Morgan fingerprint density at radius 2 is 2.32 bits per heavy atom. The van der Waals surface area contributed by atoms with Crippen LogP contribution in [-0.2, 0) is 20.7 Å². The summed E-state index contributed by atoms with van der Waals surface area (Å²) in [7, 11) is 1.74. The molecular weight excluding hydrogens is 318 g/mol. The smallest absolute Gasteiger partial charge is 0.227 e. The second-order valence-electron chi connectivity index (χ2n) is 7.28. The van der Waals surface area contributed by atoms with Gasteiger partial charge < -0.3 is 18.8 Å². The van der Waals surface area contributed by atoms with Crippen molar-refractivity contribution in [2.45, 2.75) is 44.3 Å². The lowest BCUT2D eigenvalue weighted by atomic mass is 9.86. The molecule has 0 aliphatic carbocycles. The van der Waals surface area contributed by atoms with E-state index in [0.29, 0.717) is 13.0 Å². The van der Waals surface area contributed by atoms with Gasteiger partial charge in [0, 0.05) is 31.2 Å². The lowest BCUT2D eigenvalue weighted by Gasteiger charge is -2.44. The summed E-state index contributed by atoms with van der Waals surface area (Å²) in [4.78, 5) is 14.8. The fourth-order valence-electron chi connectivity index (χ4n) is 4.29. The van der Waals surface area contributed by atoms with Gasteiger partial charge >= 0.3 is 0 Å². The second-order valence-corrected chi connectivity index (χ2v) is 7.28. The van der Waals surface area contributed by atoms with Crippen LogP contribution in [0.3, 0.4) is 0 Å². The molecular formula is C20H25NO4. The zero-order valence-corrected chi connectivity index (χ0v) is 14.9. The highest BCUT2D eigenvalue weighted by Crippen LogP contribution is 2.36. The Hall–Kier alpha value is -1.85. The van der Waals surface area contributed by atoms with Gasteiger partial charge in [0.1, 0.15) is 11.2 Å². The van der Waals surface area contributed by atoms with Crippen LogP contribution >= 0.6 is 0 Å². The monoisotopic (exact) mass is 343 g/mol. The summed E-state index contributed by atoms with van der Waals surface area (Å²) in [5, 5.41) is 1.03. The standard InChI is InChI=1S/C20H25NO4/c1-14-4-5-16-15(12-24-17(16)10-14)11-19(22)21-8-6-18(23-2)20(13-21)7-3-9-25-20/h4-5,10,12,18H,3,6-9,11,13H2,1-2H3/t18-,20-/m0/s1. The summed E-state index contributed by atoms with van der Waals surface area (Å²) < 4.78 is 17.3. The molecule has 5 nitrogen and oxygen atoms in total. The Morgan fingerprint density at radius 1 is 1.44 bits per heavy atom. The van der Waals surface area contributed by atoms with Crippen molar-refractivity contribution in [2.24, 2.45) is 0 Å². The van der Waals surface area contributed by atoms with Crippen molar-refractivity contribution < 1.29 is 18.7 Å². The average Bonchev–Trinajstić information content (AvgIpc) is 3.22. The third-order valence-electron chi connectivity index (χ3n) is 5.63. The number of likely N-dealkylation sites (tertiary alicyclic amines) is 1. The molecule has 2 aromatic rings. The minimum Gasteiger partial charge on any atom is -0.464 e. The minimum atomic E-state index is -0.321. The number of hydrogen-bond donors (Lipinski definition) is 0. The summed E-state index contributed by atoms with van der Waals surface area (Å²) in [6, 6.07) is 6.10. The molecule has 0 bridgehead atoms. The summed E-state index contributed by atoms with van der Waals surface area (Å²) in [5.41, 5.74) is 2.63. The zero-order chi connectivity index (χ0) is 17.4. The third-order valence-corrected chi connectivity index (χ3v) is 5.63. The van der Waals surface area contributed by atoms with E-state index in [1.54, 1.807) is 13.4 Å². The minimum absolute atomic E-state index is 0.0804. The lowest BCUT2D eigenvalue weighted by Crippen LogP contribution is -2.58. The van der Waals surface area contributed by atoms with Gasteiger partial charge in [0.2, 0.25) is 5.91 Å². The number of rotatable bonds is 3. The van der Waals surface area contributed by atoms with Crippen molar-refractivity contribution >= 4 is 16.9 Å². The predicted octanol–water partition coefficient (Wildman–Crippen LogP) is 3.08. The molecule has 0 unspecified atom stereocenters. The van der Waals surface area contributed by atoms with Crippen LogP contribution < -0.4 is 0 Å². The molecule has 2 atom stereocenters. The molecule has 0 N–H and O–H groups in total. The van der Waals surface area contributed by atoms with Crippen molar-refractivity contribution in [2.75, 3.05) is 26.8 Å². The van der Waals surface area contributed by atoms with E-state index in [9.17, 15) is 4.79 Å². The van der Waals surface area contributed by atoms with Gasteiger partial charge in [-0.15, -0.1) is 0 Å². The van der Waals surface area contributed by atoms with Crippen LogP contribution in [0.2, 0.25) is 0 Å². The van der Waals surface area contributed by atoms with Gasteiger partial charge in [0.25, 0.3) is 0 Å². The molecule has 0 radical (unpaired) electrons. The lowest BCUT2D eigenvalue weighted by molar-refractivity contribution is -0.160. The normalized spacial score (nSPS) is 26.6. The Bertz CT molecular complexity index is 775. The van der Waals surface area contributed by atoms with Gasteiger partial charge in [-0.2, -0.15) is 0 Å². The first kappa shape index (κ1) is 16.6. The highest BCUT2D eigenvalue weighted by Gasteiger charge is 2.48. The number of nitrogens with zero attached hydrogens (tertiary/aromatic N) is 1. The third kappa shape index (κ3) is 2.96. The largest absolute Gasteiger partial charge is 0.464 e. The van der Waals surface area contributed by atoms with E-state index in [0.717, 1.165) is 54.5 Å². The number of piperidine rings is 1. The van der Waals surface area contributed by atoms with Gasteiger partial charge in [0.05, 0.1) is 25.3 Å². The number of methoxy groups -OCH3 is 1. The van der Waals surface area contributed by atoms with Crippen molar-refractivity contribution in [3.63, 3.8) is 0 Å². The number of aryl methyl sites for hydroxylation is 1. The maximum absolute atomic E-state index is 12.9. The molecule has 2 aliphatic rings. The Labute approximate surface area is 147 Å². The summed E-state index contributed by atoms with van der Waals surface area (Å²) in [6.07, 6.45) is 4.98. The Balaban J connectivity index is 1.51. The van der Waals surface area contributed by atoms with Crippen molar-refractivity contribution in [3.05, 3.63) is 35.6 Å². The fraction of sp³-hybridized carbons (Fsp3) is 0.550. The average molecular weight is 343 g/mol. The zero-order valence-electron chi connectivity index (χ0n) is 14.9. The molecule has 1 aromatic carbocycles. The fourth-order valence-corrected chi connectivity index (χ4v) is 4.29. The second kappa shape index (κ2) is 6.46. The highest BCUT2D eigenvalue weighted by atomic mass is 16.6. The maximum atomic E-state index is 12.9. The molecule has 0 saturated carbocycles. The molecule has 2 fully saturated rings. The Morgan fingerprint density at radius 3 is 3.08 bits per heavy atom. The van der Waals surface area contributed by atoms with Gasteiger partial charge in [-0.3, -0.25) is 4.79 Å². The van der Waals surface area contributed by atoms with Crippen LogP contribution in [0, 0.1) is 6.92 Å². The quantitative estimate of drug-likeness (QED) is 0.859. The number of benzene rings is 1. The number of amides is 1. The first-order valence-electron chi connectivity index (χ1n) is 9.02. The van der Waals surface area contributed by atoms with E-state index >= 15 is 0 Å².